The van der Waals surface area contributed by atoms with E-state index in [2.05, 4.69) is 28.9 Å². The van der Waals surface area contributed by atoms with Gasteiger partial charge in [-0.3, -0.25) is 9.78 Å². The molecule has 4 nitrogen and oxygen atoms in total. The average molecular weight is 327 g/mol. The number of piperazine rings is 1. The summed E-state index contributed by atoms with van der Waals surface area (Å²) in [6.45, 7) is 5.42. The molecule has 2 aromatic rings. The fourth-order valence-electron chi connectivity index (χ4n) is 2.72. The molecule has 120 valence electrons. The van der Waals surface area contributed by atoms with E-state index in [0.29, 0.717) is 5.75 Å². The van der Waals surface area contributed by atoms with Crippen LogP contribution in [0, 0.1) is 6.92 Å². The van der Waals surface area contributed by atoms with Crippen molar-refractivity contribution in [2.24, 2.45) is 0 Å². The van der Waals surface area contributed by atoms with Crippen LogP contribution in [0.5, 0.6) is 0 Å². The van der Waals surface area contributed by atoms with Crippen LogP contribution < -0.4 is 4.90 Å². The van der Waals surface area contributed by atoms with Crippen LogP contribution in [0.3, 0.4) is 0 Å². The average Bonchev–Trinajstić information content (AvgIpc) is 2.62. The third kappa shape index (κ3) is 4.05. The molecule has 1 aromatic carbocycles. The Hall–Kier alpha value is -2.01. The van der Waals surface area contributed by atoms with Crippen molar-refractivity contribution >= 4 is 23.4 Å². The zero-order chi connectivity index (χ0) is 16.1. The summed E-state index contributed by atoms with van der Waals surface area (Å²) in [5, 5.41) is 0. The van der Waals surface area contributed by atoms with Crippen molar-refractivity contribution in [1.82, 2.24) is 9.88 Å². The Morgan fingerprint density at radius 3 is 2.48 bits per heavy atom. The van der Waals surface area contributed by atoms with E-state index in [1.165, 1.54) is 16.1 Å². The summed E-state index contributed by atoms with van der Waals surface area (Å²) in [7, 11) is 0. The molecule has 0 bridgehead atoms. The first-order valence-corrected chi connectivity index (χ1v) is 8.84. The molecule has 23 heavy (non-hydrogen) atoms. The van der Waals surface area contributed by atoms with E-state index in [1.54, 1.807) is 11.8 Å². The summed E-state index contributed by atoms with van der Waals surface area (Å²) in [6.07, 6.45) is 3.62. The highest BCUT2D eigenvalue weighted by atomic mass is 32.2. The summed E-state index contributed by atoms with van der Waals surface area (Å²) in [6, 6.07) is 12.2. The largest absolute Gasteiger partial charge is 0.368 e. The van der Waals surface area contributed by atoms with Crippen molar-refractivity contribution in [3.8, 4) is 0 Å². The second-order valence-electron chi connectivity index (χ2n) is 5.63. The number of hydrogen-bond acceptors (Lipinski definition) is 4. The standard InChI is InChI=1S/C18H21N3OS/c1-15-4-2-3-5-17(15)23-14-18(22)21-12-10-20(11-13-21)16-6-8-19-9-7-16/h2-9H,10-14H2,1H3. The van der Waals surface area contributed by atoms with Gasteiger partial charge >= 0.3 is 0 Å². The van der Waals surface area contributed by atoms with Gasteiger partial charge in [-0.25, -0.2) is 0 Å². The third-order valence-corrected chi connectivity index (χ3v) is 5.27. The van der Waals surface area contributed by atoms with E-state index in [0.717, 1.165) is 26.2 Å². The van der Waals surface area contributed by atoms with Gasteiger partial charge in [0.2, 0.25) is 5.91 Å². The second-order valence-corrected chi connectivity index (χ2v) is 6.64. The zero-order valence-corrected chi connectivity index (χ0v) is 14.1. The number of anilines is 1. The quantitative estimate of drug-likeness (QED) is 0.809. The van der Waals surface area contributed by atoms with Crippen LogP contribution in [0.15, 0.2) is 53.7 Å². The highest BCUT2D eigenvalue weighted by Gasteiger charge is 2.21. The monoisotopic (exact) mass is 327 g/mol. The van der Waals surface area contributed by atoms with Crippen LogP contribution in [0.1, 0.15) is 5.56 Å². The van der Waals surface area contributed by atoms with Gasteiger partial charge < -0.3 is 9.80 Å². The highest BCUT2D eigenvalue weighted by molar-refractivity contribution is 8.00. The molecule has 1 aliphatic rings. The lowest BCUT2D eigenvalue weighted by Crippen LogP contribution is -2.49. The topological polar surface area (TPSA) is 36.4 Å². The van der Waals surface area contributed by atoms with Crippen LogP contribution in [0.25, 0.3) is 0 Å². The predicted octanol–water partition coefficient (Wildman–Crippen LogP) is 2.83. The van der Waals surface area contributed by atoms with Gasteiger partial charge in [0.05, 0.1) is 5.75 Å². The Labute approximate surface area is 141 Å². The Bertz CT molecular complexity index is 654. The van der Waals surface area contributed by atoms with Crippen molar-refractivity contribution in [2.45, 2.75) is 11.8 Å². The predicted molar refractivity (Wildman–Crippen MR) is 94.9 cm³/mol. The van der Waals surface area contributed by atoms with E-state index in [9.17, 15) is 4.79 Å². The normalized spacial score (nSPS) is 14.8. The lowest BCUT2D eigenvalue weighted by atomic mass is 10.2. The fourth-order valence-corrected chi connectivity index (χ4v) is 3.65. The number of carbonyl (C=O) groups excluding carboxylic acids is 1. The van der Waals surface area contributed by atoms with Crippen LogP contribution >= 0.6 is 11.8 Å². The third-order valence-electron chi connectivity index (χ3n) is 4.10. The van der Waals surface area contributed by atoms with Gasteiger partial charge in [0.1, 0.15) is 0 Å². The second kappa shape index (κ2) is 7.51. The number of benzene rings is 1. The fraction of sp³-hybridized carbons (Fsp3) is 0.333. The van der Waals surface area contributed by atoms with Crippen molar-refractivity contribution in [3.05, 3.63) is 54.4 Å². The van der Waals surface area contributed by atoms with Crippen molar-refractivity contribution in [3.63, 3.8) is 0 Å². The molecule has 0 unspecified atom stereocenters. The molecule has 1 amide bonds. The lowest BCUT2D eigenvalue weighted by Gasteiger charge is -2.36. The molecule has 5 heteroatoms. The summed E-state index contributed by atoms with van der Waals surface area (Å²) in [5.41, 5.74) is 2.41. The number of carbonyl (C=O) groups is 1. The number of hydrogen-bond donors (Lipinski definition) is 0. The van der Waals surface area contributed by atoms with E-state index in [-0.39, 0.29) is 5.91 Å². The molecule has 0 atom stereocenters. The van der Waals surface area contributed by atoms with Gasteiger partial charge in [0, 0.05) is 49.2 Å². The first kappa shape index (κ1) is 15.9. The number of rotatable bonds is 4. The molecule has 3 rings (SSSR count). The van der Waals surface area contributed by atoms with Crippen molar-refractivity contribution in [2.75, 3.05) is 36.8 Å². The van der Waals surface area contributed by atoms with Gasteiger partial charge in [-0.2, -0.15) is 0 Å². The van der Waals surface area contributed by atoms with E-state index in [4.69, 9.17) is 0 Å². The summed E-state index contributed by atoms with van der Waals surface area (Å²) < 4.78 is 0. The summed E-state index contributed by atoms with van der Waals surface area (Å²) in [4.78, 5) is 21.9. The van der Waals surface area contributed by atoms with Crippen LogP contribution in [0.4, 0.5) is 5.69 Å². The van der Waals surface area contributed by atoms with Gasteiger partial charge in [-0.05, 0) is 30.7 Å². The van der Waals surface area contributed by atoms with Crippen LogP contribution in [-0.2, 0) is 4.79 Å². The first-order chi connectivity index (χ1) is 11.2. The highest BCUT2D eigenvalue weighted by Crippen LogP contribution is 2.22. The molecule has 1 aliphatic heterocycles. The number of nitrogens with zero attached hydrogens (tertiary/aromatic N) is 3. The number of aryl methyl sites for hydroxylation is 1. The van der Waals surface area contributed by atoms with Gasteiger partial charge in [0.25, 0.3) is 0 Å². The van der Waals surface area contributed by atoms with Crippen LogP contribution in [-0.4, -0.2) is 47.7 Å². The maximum absolute atomic E-state index is 12.4. The minimum Gasteiger partial charge on any atom is -0.368 e. The molecule has 1 saturated heterocycles. The Balaban J connectivity index is 1.50. The van der Waals surface area contributed by atoms with Gasteiger partial charge in [-0.1, -0.05) is 18.2 Å². The maximum atomic E-state index is 12.4. The Kier molecular flexibility index (Phi) is 5.18. The molecule has 0 spiro atoms. The van der Waals surface area contributed by atoms with E-state index in [1.807, 2.05) is 41.6 Å². The number of amides is 1. The van der Waals surface area contributed by atoms with E-state index < -0.39 is 0 Å². The SMILES string of the molecule is Cc1ccccc1SCC(=O)N1CCN(c2ccncc2)CC1. The smallest absolute Gasteiger partial charge is 0.233 e. The number of aromatic nitrogens is 1. The molecule has 0 N–H and O–H groups in total. The molecule has 2 heterocycles. The first-order valence-electron chi connectivity index (χ1n) is 7.85. The van der Waals surface area contributed by atoms with Crippen molar-refractivity contribution in [1.29, 1.82) is 0 Å². The molecular weight excluding hydrogens is 306 g/mol. The number of pyridine rings is 1. The molecular formula is C18H21N3OS. The Morgan fingerprint density at radius 2 is 1.78 bits per heavy atom. The minimum absolute atomic E-state index is 0.229. The molecule has 1 aromatic heterocycles. The van der Waals surface area contributed by atoms with Gasteiger partial charge in [-0.15, -0.1) is 11.8 Å². The number of thioether (sulfide) groups is 1. The molecule has 1 fully saturated rings. The zero-order valence-electron chi connectivity index (χ0n) is 13.3. The molecule has 0 radical (unpaired) electrons. The summed E-state index contributed by atoms with van der Waals surface area (Å²) >= 11 is 1.63. The Morgan fingerprint density at radius 1 is 1.09 bits per heavy atom. The minimum atomic E-state index is 0.229. The van der Waals surface area contributed by atoms with E-state index >= 15 is 0 Å². The molecule has 0 saturated carbocycles. The molecule has 0 aliphatic carbocycles. The van der Waals surface area contributed by atoms with Crippen molar-refractivity contribution < 1.29 is 4.79 Å². The maximum Gasteiger partial charge on any atom is 0.233 e. The lowest BCUT2D eigenvalue weighted by molar-refractivity contribution is -0.128. The summed E-state index contributed by atoms with van der Waals surface area (Å²) in [5.74, 6) is 0.743. The van der Waals surface area contributed by atoms with Gasteiger partial charge in [0.15, 0.2) is 0 Å². The van der Waals surface area contributed by atoms with Crippen LogP contribution in [0.2, 0.25) is 0 Å².